The SMILES string of the molecule is CCc1cc(N)c2[nH]ccc2c1. The minimum atomic E-state index is 0.842. The minimum absolute atomic E-state index is 0.842. The van der Waals surface area contributed by atoms with E-state index in [0.717, 1.165) is 17.6 Å². The molecule has 0 bridgehead atoms. The minimum Gasteiger partial charge on any atom is -0.397 e. The fourth-order valence-corrected chi connectivity index (χ4v) is 1.47. The highest BCUT2D eigenvalue weighted by atomic mass is 14.7. The van der Waals surface area contributed by atoms with Gasteiger partial charge in [0.05, 0.1) is 11.2 Å². The maximum Gasteiger partial charge on any atom is 0.0687 e. The molecule has 0 aliphatic heterocycles. The Labute approximate surface area is 71.4 Å². The van der Waals surface area contributed by atoms with Gasteiger partial charge in [-0.2, -0.15) is 0 Å². The van der Waals surface area contributed by atoms with Crippen LogP contribution in [-0.2, 0) is 6.42 Å². The first-order chi connectivity index (χ1) is 5.81. The van der Waals surface area contributed by atoms with Gasteiger partial charge in [-0.05, 0) is 30.2 Å². The number of anilines is 1. The molecule has 2 heteroatoms. The number of hydrogen-bond donors (Lipinski definition) is 2. The molecule has 0 aliphatic rings. The highest BCUT2D eigenvalue weighted by molar-refractivity contribution is 5.90. The van der Waals surface area contributed by atoms with E-state index in [1.807, 2.05) is 18.3 Å². The van der Waals surface area contributed by atoms with E-state index < -0.39 is 0 Å². The number of H-pyrrole nitrogens is 1. The Balaban J connectivity index is 2.75. The van der Waals surface area contributed by atoms with Gasteiger partial charge in [-0.1, -0.05) is 6.92 Å². The van der Waals surface area contributed by atoms with Gasteiger partial charge in [-0.3, -0.25) is 0 Å². The van der Waals surface area contributed by atoms with E-state index in [9.17, 15) is 0 Å². The molecule has 2 rings (SSSR count). The van der Waals surface area contributed by atoms with E-state index in [4.69, 9.17) is 5.73 Å². The number of nitrogens with one attached hydrogen (secondary N) is 1. The lowest BCUT2D eigenvalue weighted by Crippen LogP contribution is -1.89. The van der Waals surface area contributed by atoms with Gasteiger partial charge in [0, 0.05) is 11.6 Å². The molecule has 0 radical (unpaired) electrons. The van der Waals surface area contributed by atoms with Gasteiger partial charge < -0.3 is 10.7 Å². The molecule has 1 heterocycles. The third-order valence-electron chi connectivity index (χ3n) is 2.16. The van der Waals surface area contributed by atoms with Gasteiger partial charge in [0.2, 0.25) is 0 Å². The molecular weight excluding hydrogens is 148 g/mol. The number of aryl methyl sites for hydroxylation is 1. The van der Waals surface area contributed by atoms with Crippen molar-refractivity contribution in [2.75, 3.05) is 5.73 Å². The summed E-state index contributed by atoms with van der Waals surface area (Å²) < 4.78 is 0. The largest absolute Gasteiger partial charge is 0.397 e. The number of hydrogen-bond acceptors (Lipinski definition) is 1. The molecule has 0 amide bonds. The summed E-state index contributed by atoms with van der Waals surface area (Å²) in [5.74, 6) is 0. The zero-order valence-corrected chi connectivity index (χ0v) is 7.09. The number of rotatable bonds is 1. The zero-order valence-electron chi connectivity index (χ0n) is 7.09. The standard InChI is InChI=1S/C10H12N2/c1-2-7-5-8-3-4-12-10(8)9(11)6-7/h3-6,12H,2,11H2,1H3. The van der Waals surface area contributed by atoms with Crippen LogP contribution in [0.3, 0.4) is 0 Å². The number of nitrogen functional groups attached to an aromatic ring is 1. The third kappa shape index (κ3) is 0.961. The van der Waals surface area contributed by atoms with Crippen molar-refractivity contribution in [1.82, 2.24) is 4.98 Å². The third-order valence-corrected chi connectivity index (χ3v) is 2.16. The molecule has 1 aromatic heterocycles. The second-order valence-corrected chi connectivity index (χ2v) is 2.98. The second-order valence-electron chi connectivity index (χ2n) is 2.98. The van der Waals surface area contributed by atoms with E-state index in [0.29, 0.717) is 0 Å². The van der Waals surface area contributed by atoms with Crippen molar-refractivity contribution in [1.29, 1.82) is 0 Å². The first-order valence-corrected chi connectivity index (χ1v) is 4.16. The summed E-state index contributed by atoms with van der Waals surface area (Å²) in [6, 6.07) is 6.24. The van der Waals surface area contributed by atoms with E-state index >= 15 is 0 Å². The first kappa shape index (κ1) is 7.22. The van der Waals surface area contributed by atoms with Gasteiger partial charge in [0.1, 0.15) is 0 Å². The Bertz CT molecular complexity index is 401. The van der Waals surface area contributed by atoms with Crippen LogP contribution >= 0.6 is 0 Å². The summed E-state index contributed by atoms with van der Waals surface area (Å²) in [7, 11) is 0. The van der Waals surface area contributed by atoms with Crippen LogP contribution in [0.4, 0.5) is 5.69 Å². The van der Waals surface area contributed by atoms with Crippen LogP contribution in [0.25, 0.3) is 10.9 Å². The van der Waals surface area contributed by atoms with Gasteiger partial charge in [0.25, 0.3) is 0 Å². The second kappa shape index (κ2) is 2.55. The van der Waals surface area contributed by atoms with Crippen molar-refractivity contribution < 1.29 is 0 Å². The number of aromatic amines is 1. The molecule has 62 valence electrons. The normalized spacial score (nSPS) is 10.8. The quantitative estimate of drug-likeness (QED) is 0.617. The topological polar surface area (TPSA) is 41.8 Å². The summed E-state index contributed by atoms with van der Waals surface area (Å²) in [6.07, 6.45) is 2.95. The Kier molecular flexibility index (Phi) is 1.54. The van der Waals surface area contributed by atoms with E-state index in [-0.39, 0.29) is 0 Å². The van der Waals surface area contributed by atoms with Crippen LogP contribution in [0, 0.1) is 0 Å². The van der Waals surface area contributed by atoms with Gasteiger partial charge in [-0.25, -0.2) is 0 Å². The molecule has 0 spiro atoms. The van der Waals surface area contributed by atoms with Crippen LogP contribution in [0.5, 0.6) is 0 Å². The predicted octanol–water partition coefficient (Wildman–Crippen LogP) is 2.31. The average molecular weight is 160 g/mol. The first-order valence-electron chi connectivity index (χ1n) is 4.16. The van der Waals surface area contributed by atoms with Crippen molar-refractivity contribution in [3.05, 3.63) is 30.0 Å². The molecule has 0 unspecified atom stereocenters. The zero-order chi connectivity index (χ0) is 8.55. The maximum atomic E-state index is 5.85. The van der Waals surface area contributed by atoms with Crippen molar-refractivity contribution in [2.45, 2.75) is 13.3 Å². The molecule has 0 saturated carbocycles. The number of benzene rings is 1. The van der Waals surface area contributed by atoms with E-state index in [1.165, 1.54) is 10.9 Å². The summed E-state index contributed by atoms with van der Waals surface area (Å²) in [5.41, 5.74) is 9.03. The van der Waals surface area contributed by atoms with Crippen LogP contribution in [0.15, 0.2) is 24.4 Å². The smallest absolute Gasteiger partial charge is 0.0687 e. The van der Waals surface area contributed by atoms with Gasteiger partial charge in [0.15, 0.2) is 0 Å². The summed E-state index contributed by atoms with van der Waals surface area (Å²) in [5, 5.41) is 1.20. The fourth-order valence-electron chi connectivity index (χ4n) is 1.47. The van der Waals surface area contributed by atoms with Crippen LogP contribution in [0.1, 0.15) is 12.5 Å². The molecule has 0 fully saturated rings. The Morgan fingerprint density at radius 1 is 1.42 bits per heavy atom. The van der Waals surface area contributed by atoms with Crippen molar-refractivity contribution >= 4 is 16.6 Å². The lowest BCUT2D eigenvalue weighted by Gasteiger charge is -2.00. The molecule has 12 heavy (non-hydrogen) atoms. The van der Waals surface area contributed by atoms with Crippen LogP contribution < -0.4 is 5.73 Å². The highest BCUT2D eigenvalue weighted by Gasteiger charge is 2.00. The maximum absolute atomic E-state index is 5.85. The number of fused-ring (bicyclic) bond motifs is 1. The summed E-state index contributed by atoms with van der Waals surface area (Å²) in [4.78, 5) is 3.11. The number of aromatic nitrogens is 1. The highest BCUT2D eigenvalue weighted by Crippen LogP contribution is 2.21. The van der Waals surface area contributed by atoms with E-state index in [2.05, 4.69) is 18.0 Å². The molecule has 0 atom stereocenters. The monoisotopic (exact) mass is 160 g/mol. The predicted molar refractivity (Wildman–Crippen MR) is 52.1 cm³/mol. The summed E-state index contributed by atoms with van der Waals surface area (Å²) >= 11 is 0. The molecule has 1 aromatic carbocycles. The Morgan fingerprint density at radius 2 is 2.25 bits per heavy atom. The van der Waals surface area contributed by atoms with Crippen LogP contribution in [-0.4, -0.2) is 4.98 Å². The molecule has 2 nitrogen and oxygen atoms in total. The van der Waals surface area contributed by atoms with Gasteiger partial charge >= 0.3 is 0 Å². The average Bonchev–Trinajstić information content (AvgIpc) is 2.52. The molecule has 3 N–H and O–H groups in total. The number of nitrogens with two attached hydrogens (primary N) is 1. The van der Waals surface area contributed by atoms with Crippen molar-refractivity contribution in [2.24, 2.45) is 0 Å². The fraction of sp³-hybridized carbons (Fsp3) is 0.200. The summed E-state index contributed by atoms with van der Waals surface area (Å²) in [6.45, 7) is 2.13. The lowest BCUT2D eigenvalue weighted by molar-refractivity contribution is 1.15. The van der Waals surface area contributed by atoms with E-state index in [1.54, 1.807) is 0 Å². The molecule has 0 saturated heterocycles. The Hall–Kier alpha value is -1.44. The molecule has 2 aromatic rings. The Morgan fingerprint density at radius 3 is 3.00 bits per heavy atom. The molecule has 0 aliphatic carbocycles. The van der Waals surface area contributed by atoms with Crippen molar-refractivity contribution in [3.8, 4) is 0 Å². The molecular formula is C10H12N2. The lowest BCUT2D eigenvalue weighted by atomic mass is 10.1. The van der Waals surface area contributed by atoms with Crippen molar-refractivity contribution in [3.63, 3.8) is 0 Å². The van der Waals surface area contributed by atoms with Crippen LogP contribution in [0.2, 0.25) is 0 Å². The van der Waals surface area contributed by atoms with Gasteiger partial charge in [-0.15, -0.1) is 0 Å².